The summed E-state index contributed by atoms with van der Waals surface area (Å²) in [6.07, 6.45) is 2.56. The van der Waals surface area contributed by atoms with E-state index in [2.05, 4.69) is 93.3 Å². The number of halogens is 1. The SMILES string of the molecule is CCOc1cc(C2C3=C(CC(C)(C)CC3=O)N(C)C3=C2C(=O)CC(C)(C)C3)cc(I)c1OCc1cc(C)cc(C)c1. The van der Waals surface area contributed by atoms with Crippen LogP contribution in [-0.4, -0.2) is 30.1 Å². The van der Waals surface area contributed by atoms with Crippen LogP contribution >= 0.6 is 22.6 Å². The molecule has 0 N–H and O–H groups in total. The van der Waals surface area contributed by atoms with E-state index in [-0.39, 0.29) is 22.4 Å². The molecule has 5 nitrogen and oxygen atoms in total. The number of hydrogen-bond acceptors (Lipinski definition) is 5. The molecule has 0 unspecified atom stereocenters. The first-order valence-corrected chi connectivity index (χ1v) is 15.7. The Morgan fingerprint density at radius 1 is 0.829 bits per heavy atom. The lowest BCUT2D eigenvalue weighted by molar-refractivity contribution is -0.119. The van der Waals surface area contributed by atoms with Crippen molar-refractivity contribution in [3.8, 4) is 11.5 Å². The molecule has 3 aliphatic rings. The Morgan fingerprint density at radius 2 is 1.37 bits per heavy atom. The van der Waals surface area contributed by atoms with E-state index < -0.39 is 5.92 Å². The first-order chi connectivity index (χ1) is 19.2. The number of aryl methyl sites for hydroxylation is 2. The summed E-state index contributed by atoms with van der Waals surface area (Å²) in [7, 11) is 2.05. The molecule has 218 valence electrons. The van der Waals surface area contributed by atoms with Crippen molar-refractivity contribution in [2.24, 2.45) is 10.8 Å². The third kappa shape index (κ3) is 5.86. The second-order valence-corrected chi connectivity index (χ2v) is 14.8. The second kappa shape index (κ2) is 10.9. The molecule has 0 aromatic heterocycles. The Balaban J connectivity index is 1.63. The van der Waals surface area contributed by atoms with Gasteiger partial charge in [0, 0.05) is 48.3 Å². The number of rotatable bonds is 6. The van der Waals surface area contributed by atoms with Crippen molar-refractivity contribution in [3.63, 3.8) is 0 Å². The molecular formula is C35H42INO4. The van der Waals surface area contributed by atoms with E-state index in [0.29, 0.717) is 37.6 Å². The van der Waals surface area contributed by atoms with Gasteiger partial charge in [-0.15, -0.1) is 0 Å². The number of nitrogens with zero attached hydrogens (tertiary/aromatic N) is 1. The molecule has 0 spiro atoms. The number of ether oxygens (including phenoxy) is 2. The highest BCUT2D eigenvalue weighted by atomic mass is 127. The van der Waals surface area contributed by atoms with E-state index in [1.165, 1.54) is 11.1 Å². The maximum atomic E-state index is 13.9. The summed E-state index contributed by atoms with van der Waals surface area (Å²) in [6, 6.07) is 10.5. The summed E-state index contributed by atoms with van der Waals surface area (Å²) in [5.41, 5.74) is 7.86. The zero-order valence-corrected chi connectivity index (χ0v) is 27.8. The van der Waals surface area contributed by atoms with Gasteiger partial charge < -0.3 is 14.4 Å². The highest BCUT2D eigenvalue weighted by Gasteiger charge is 2.48. The van der Waals surface area contributed by atoms with Crippen LogP contribution in [-0.2, 0) is 16.2 Å². The van der Waals surface area contributed by atoms with Crippen molar-refractivity contribution in [1.82, 2.24) is 4.90 Å². The first-order valence-electron chi connectivity index (χ1n) is 14.6. The van der Waals surface area contributed by atoms with Crippen LogP contribution in [0.2, 0.25) is 0 Å². The van der Waals surface area contributed by atoms with Gasteiger partial charge in [-0.2, -0.15) is 0 Å². The van der Waals surface area contributed by atoms with E-state index in [9.17, 15) is 9.59 Å². The number of hydrogen-bond donors (Lipinski definition) is 0. The molecule has 41 heavy (non-hydrogen) atoms. The highest BCUT2D eigenvalue weighted by Crippen LogP contribution is 2.54. The van der Waals surface area contributed by atoms with Crippen molar-refractivity contribution < 1.29 is 19.1 Å². The monoisotopic (exact) mass is 667 g/mol. The maximum Gasteiger partial charge on any atom is 0.174 e. The third-order valence-corrected chi connectivity index (χ3v) is 9.31. The Kier molecular flexibility index (Phi) is 7.94. The van der Waals surface area contributed by atoms with Crippen molar-refractivity contribution in [2.75, 3.05) is 13.7 Å². The normalized spacial score (nSPS) is 20.3. The summed E-state index contributed by atoms with van der Waals surface area (Å²) in [5, 5.41) is 0. The summed E-state index contributed by atoms with van der Waals surface area (Å²) in [6.45, 7) is 15.7. The minimum Gasteiger partial charge on any atom is -0.490 e. The summed E-state index contributed by atoms with van der Waals surface area (Å²) in [4.78, 5) is 29.9. The Labute approximate surface area is 258 Å². The maximum absolute atomic E-state index is 13.9. The lowest BCUT2D eigenvalue weighted by Gasteiger charge is -2.48. The number of allylic oxidation sites excluding steroid dienone is 4. The van der Waals surface area contributed by atoms with E-state index in [4.69, 9.17) is 9.47 Å². The molecule has 2 aromatic carbocycles. The topological polar surface area (TPSA) is 55.8 Å². The molecule has 2 aromatic rings. The Bertz CT molecular complexity index is 1420. The standard InChI is InChI=1S/C35H42INO4/c1-9-40-29-14-23(13-24(36)33(29)41-19-22-11-20(2)10-21(3)12-22)30-31-25(15-34(4,5)17-27(31)38)37(8)26-16-35(6,7)18-28(39)32(26)30/h10-14,30H,9,15-19H2,1-8H3. The number of carbonyl (C=O) groups is 2. The third-order valence-electron chi connectivity index (χ3n) is 8.51. The molecule has 5 rings (SSSR count). The number of ketones is 2. The first kappa shape index (κ1) is 29.9. The van der Waals surface area contributed by atoms with Crippen LogP contribution < -0.4 is 9.47 Å². The molecule has 0 atom stereocenters. The molecule has 0 amide bonds. The largest absolute Gasteiger partial charge is 0.490 e. The molecular weight excluding hydrogens is 625 g/mol. The fourth-order valence-corrected chi connectivity index (χ4v) is 7.74. The average Bonchev–Trinajstić information content (AvgIpc) is 2.83. The van der Waals surface area contributed by atoms with E-state index in [1.54, 1.807) is 0 Å². The van der Waals surface area contributed by atoms with Gasteiger partial charge in [0.1, 0.15) is 6.61 Å². The summed E-state index contributed by atoms with van der Waals surface area (Å²) in [5.74, 6) is 1.22. The van der Waals surface area contributed by atoms with Crippen LogP contribution in [0.25, 0.3) is 0 Å². The zero-order chi connectivity index (χ0) is 29.9. The van der Waals surface area contributed by atoms with Crippen LogP contribution in [0.3, 0.4) is 0 Å². The van der Waals surface area contributed by atoms with Gasteiger partial charge in [-0.1, -0.05) is 57.0 Å². The average molecular weight is 668 g/mol. The zero-order valence-electron chi connectivity index (χ0n) is 25.7. The number of Topliss-reactive ketones (excluding diaryl/α,β-unsaturated/α-hetero) is 2. The molecule has 0 radical (unpaired) electrons. The lowest BCUT2D eigenvalue weighted by Crippen LogP contribution is -2.43. The van der Waals surface area contributed by atoms with Gasteiger partial charge in [-0.05, 0) is 90.3 Å². The van der Waals surface area contributed by atoms with Crippen LogP contribution in [0.4, 0.5) is 0 Å². The van der Waals surface area contributed by atoms with Gasteiger partial charge in [0.05, 0.1) is 10.2 Å². The molecule has 1 heterocycles. The van der Waals surface area contributed by atoms with E-state index >= 15 is 0 Å². The van der Waals surface area contributed by atoms with Crippen molar-refractivity contribution in [3.05, 3.63) is 78.7 Å². The quantitative estimate of drug-likeness (QED) is 0.291. The number of carbonyl (C=O) groups excluding carboxylic acids is 2. The van der Waals surface area contributed by atoms with Gasteiger partial charge in [0.15, 0.2) is 23.1 Å². The smallest absolute Gasteiger partial charge is 0.174 e. The van der Waals surface area contributed by atoms with Crippen molar-refractivity contribution in [2.45, 2.75) is 86.7 Å². The van der Waals surface area contributed by atoms with Crippen LogP contribution in [0, 0.1) is 28.2 Å². The molecule has 0 fully saturated rings. The fraction of sp³-hybridized carbons (Fsp3) is 0.486. The van der Waals surface area contributed by atoms with Crippen LogP contribution in [0.15, 0.2) is 52.9 Å². The van der Waals surface area contributed by atoms with Gasteiger partial charge in [0.25, 0.3) is 0 Å². The minimum absolute atomic E-state index is 0.127. The van der Waals surface area contributed by atoms with Gasteiger partial charge in [0.2, 0.25) is 0 Å². The molecule has 0 saturated heterocycles. The fourth-order valence-electron chi connectivity index (χ4n) is 6.96. The molecule has 0 saturated carbocycles. The summed E-state index contributed by atoms with van der Waals surface area (Å²) < 4.78 is 13.4. The molecule has 1 aliphatic heterocycles. The predicted octanol–water partition coefficient (Wildman–Crippen LogP) is 8.20. The summed E-state index contributed by atoms with van der Waals surface area (Å²) >= 11 is 2.31. The van der Waals surface area contributed by atoms with Crippen molar-refractivity contribution in [1.29, 1.82) is 0 Å². The van der Waals surface area contributed by atoms with Crippen LogP contribution in [0.5, 0.6) is 11.5 Å². The molecule has 0 bridgehead atoms. The second-order valence-electron chi connectivity index (χ2n) is 13.6. The molecule has 2 aliphatic carbocycles. The Hall–Kier alpha value is -2.61. The van der Waals surface area contributed by atoms with Crippen LogP contribution in [0.1, 0.15) is 88.5 Å². The lowest BCUT2D eigenvalue weighted by atomic mass is 9.64. The van der Waals surface area contributed by atoms with E-state index in [1.807, 2.05) is 20.0 Å². The van der Waals surface area contributed by atoms with Crippen molar-refractivity contribution >= 4 is 34.2 Å². The van der Waals surface area contributed by atoms with Gasteiger partial charge >= 0.3 is 0 Å². The van der Waals surface area contributed by atoms with Gasteiger partial charge in [-0.3, -0.25) is 9.59 Å². The predicted molar refractivity (Wildman–Crippen MR) is 171 cm³/mol. The van der Waals surface area contributed by atoms with E-state index in [0.717, 1.165) is 50.1 Å². The minimum atomic E-state index is -0.399. The van der Waals surface area contributed by atoms with Gasteiger partial charge in [-0.25, -0.2) is 0 Å². The number of benzene rings is 2. The Morgan fingerprint density at radius 3 is 1.88 bits per heavy atom. The highest BCUT2D eigenvalue weighted by molar-refractivity contribution is 14.1. The molecule has 6 heteroatoms.